The fourth-order valence-electron chi connectivity index (χ4n) is 4.38. The molecule has 10 heteroatoms. The highest BCUT2D eigenvalue weighted by Crippen LogP contribution is 2.31. The average Bonchev–Trinajstić information content (AvgIpc) is 2.75. The number of carbonyl (C=O) groups excluding carboxylic acids is 2. The van der Waals surface area contributed by atoms with E-state index in [1.807, 2.05) is 11.9 Å². The molecule has 0 saturated carbocycles. The Labute approximate surface area is 183 Å². The van der Waals surface area contributed by atoms with Crippen molar-refractivity contribution >= 4 is 11.8 Å². The van der Waals surface area contributed by atoms with Gasteiger partial charge < -0.3 is 15.3 Å². The van der Waals surface area contributed by atoms with Gasteiger partial charge in [0.1, 0.15) is 23.4 Å². The molecule has 8 nitrogen and oxygen atoms in total. The maximum absolute atomic E-state index is 13.9. The zero-order chi connectivity index (χ0) is 23.2. The predicted molar refractivity (Wildman–Crippen MR) is 112 cm³/mol. The Morgan fingerprint density at radius 2 is 2.00 bits per heavy atom. The number of hydrogen-bond donors (Lipinski definition) is 2. The molecule has 170 valence electrons. The molecule has 3 heterocycles. The number of nitrogens with one attached hydrogen (secondary N) is 1. The summed E-state index contributed by atoms with van der Waals surface area (Å²) in [5, 5.41) is 14.9. The van der Waals surface area contributed by atoms with E-state index in [9.17, 15) is 28.3 Å². The second-order valence-electron chi connectivity index (χ2n) is 8.21. The molecule has 2 atom stereocenters. The second-order valence-corrected chi connectivity index (χ2v) is 8.21. The Morgan fingerprint density at radius 3 is 2.69 bits per heavy atom. The number of halogens is 2. The third kappa shape index (κ3) is 3.59. The third-order valence-electron chi connectivity index (χ3n) is 6.06. The standard InChI is InChI=1S/C22H24F2N4O4/c1-3-26-17-7-4-12(2)10-27(17)28-11-15(19(29)20(30)18(28)22(26)32)21(31)25-9-13-5-6-14(23)8-16(13)24/h5-6,8,11-12,17,30H,3-4,7,9-10H2,1-2H3,(H,25,31)/t12-,17+/m1/s1. The lowest BCUT2D eigenvalue weighted by atomic mass is 9.97. The van der Waals surface area contributed by atoms with Crippen molar-refractivity contribution in [2.45, 2.75) is 39.4 Å². The van der Waals surface area contributed by atoms with Crippen molar-refractivity contribution in [1.29, 1.82) is 0 Å². The van der Waals surface area contributed by atoms with Crippen LogP contribution in [0.3, 0.4) is 0 Å². The first-order chi connectivity index (χ1) is 15.2. The lowest BCUT2D eigenvalue weighted by molar-refractivity contribution is 0.0507. The number of rotatable bonds is 4. The van der Waals surface area contributed by atoms with Crippen LogP contribution in [0.4, 0.5) is 8.78 Å². The number of piperidine rings is 1. The molecule has 0 unspecified atom stereocenters. The van der Waals surface area contributed by atoms with Crippen LogP contribution in [0.2, 0.25) is 0 Å². The van der Waals surface area contributed by atoms with Crippen molar-refractivity contribution in [3.63, 3.8) is 0 Å². The molecule has 0 radical (unpaired) electrons. The molecular formula is C22H24F2N4O4. The van der Waals surface area contributed by atoms with Crippen LogP contribution >= 0.6 is 0 Å². The quantitative estimate of drug-likeness (QED) is 0.749. The van der Waals surface area contributed by atoms with Gasteiger partial charge in [-0.3, -0.25) is 24.1 Å². The largest absolute Gasteiger partial charge is 0.502 e. The van der Waals surface area contributed by atoms with Crippen LogP contribution in [-0.2, 0) is 6.54 Å². The third-order valence-corrected chi connectivity index (χ3v) is 6.06. The molecule has 0 bridgehead atoms. The molecule has 1 saturated heterocycles. The maximum atomic E-state index is 13.9. The van der Waals surface area contributed by atoms with Crippen LogP contribution in [0.5, 0.6) is 5.75 Å². The average molecular weight is 446 g/mol. The minimum Gasteiger partial charge on any atom is -0.502 e. The number of benzene rings is 1. The highest BCUT2D eigenvalue weighted by Gasteiger charge is 2.42. The van der Waals surface area contributed by atoms with Crippen molar-refractivity contribution in [3.8, 4) is 5.75 Å². The van der Waals surface area contributed by atoms with Gasteiger partial charge in [-0.25, -0.2) is 8.78 Å². The molecule has 1 aromatic heterocycles. The Balaban J connectivity index is 1.70. The van der Waals surface area contributed by atoms with Gasteiger partial charge in [-0.15, -0.1) is 0 Å². The molecule has 2 aliphatic heterocycles. The van der Waals surface area contributed by atoms with Gasteiger partial charge in [-0.1, -0.05) is 13.0 Å². The lowest BCUT2D eigenvalue weighted by Crippen LogP contribution is -2.64. The molecular weight excluding hydrogens is 422 g/mol. The summed E-state index contributed by atoms with van der Waals surface area (Å²) in [5.41, 5.74) is -1.49. The predicted octanol–water partition coefficient (Wildman–Crippen LogP) is 1.93. The number of nitrogens with zero attached hydrogens (tertiary/aromatic N) is 3. The van der Waals surface area contributed by atoms with Gasteiger partial charge in [0, 0.05) is 37.5 Å². The van der Waals surface area contributed by atoms with Crippen molar-refractivity contribution < 1.29 is 23.5 Å². The fourth-order valence-corrected chi connectivity index (χ4v) is 4.38. The van der Waals surface area contributed by atoms with E-state index in [0.717, 1.165) is 18.9 Å². The second kappa shape index (κ2) is 8.25. The van der Waals surface area contributed by atoms with Gasteiger partial charge in [-0.05, 0) is 31.7 Å². The summed E-state index contributed by atoms with van der Waals surface area (Å²) >= 11 is 0. The summed E-state index contributed by atoms with van der Waals surface area (Å²) in [7, 11) is 0. The molecule has 2 aromatic rings. The summed E-state index contributed by atoms with van der Waals surface area (Å²) in [4.78, 5) is 40.1. The number of pyridine rings is 1. The molecule has 32 heavy (non-hydrogen) atoms. The molecule has 0 aliphatic carbocycles. The molecule has 2 aliphatic rings. The van der Waals surface area contributed by atoms with Crippen molar-refractivity contribution in [1.82, 2.24) is 14.9 Å². The van der Waals surface area contributed by atoms with E-state index in [4.69, 9.17) is 0 Å². The van der Waals surface area contributed by atoms with E-state index in [2.05, 4.69) is 12.2 Å². The number of fused-ring (bicyclic) bond motifs is 3. The van der Waals surface area contributed by atoms with E-state index in [1.165, 1.54) is 16.9 Å². The molecule has 0 spiro atoms. The topological polar surface area (TPSA) is 94.9 Å². The van der Waals surface area contributed by atoms with E-state index in [0.29, 0.717) is 25.1 Å². The zero-order valence-corrected chi connectivity index (χ0v) is 17.8. The SMILES string of the molecule is CCN1C(=O)c2c(O)c(=O)c(C(=O)NCc3ccc(F)cc3F)cn2N2C[C@H](C)CC[C@@H]12. The van der Waals surface area contributed by atoms with E-state index < -0.39 is 34.6 Å². The lowest BCUT2D eigenvalue weighted by Gasteiger charge is -2.50. The number of carbonyl (C=O) groups is 2. The van der Waals surface area contributed by atoms with Crippen molar-refractivity contribution in [3.05, 3.63) is 63.1 Å². The molecule has 1 fully saturated rings. The number of aromatic nitrogens is 1. The smallest absolute Gasteiger partial charge is 0.278 e. The van der Waals surface area contributed by atoms with Gasteiger partial charge in [0.25, 0.3) is 11.8 Å². The highest BCUT2D eigenvalue weighted by atomic mass is 19.1. The van der Waals surface area contributed by atoms with Gasteiger partial charge >= 0.3 is 0 Å². The zero-order valence-electron chi connectivity index (χ0n) is 17.8. The van der Waals surface area contributed by atoms with Gasteiger partial charge in [-0.2, -0.15) is 0 Å². The van der Waals surface area contributed by atoms with Gasteiger partial charge in [0.15, 0.2) is 11.4 Å². The van der Waals surface area contributed by atoms with Crippen LogP contribution in [-0.4, -0.2) is 45.8 Å². The molecule has 2 N–H and O–H groups in total. The minimum atomic E-state index is -0.985. The van der Waals surface area contributed by atoms with Crippen LogP contribution in [0.1, 0.15) is 53.1 Å². The minimum absolute atomic E-state index is 0.0423. The number of aromatic hydroxyl groups is 1. The maximum Gasteiger partial charge on any atom is 0.278 e. The van der Waals surface area contributed by atoms with Crippen molar-refractivity contribution in [2.24, 2.45) is 5.92 Å². The van der Waals surface area contributed by atoms with Crippen LogP contribution < -0.4 is 15.8 Å². The Hall–Kier alpha value is -3.43. The summed E-state index contributed by atoms with van der Waals surface area (Å²) in [6, 6.07) is 2.95. The molecule has 4 rings (SSSR count). The highest BCUT2D eigenvalue weighted by molar-refractivity contribution is 5.99. The van der Waals surface area contributed by atoms with Gasteiger partial charge in [0.2, 0.25) is 5.43 Å². The van der Waals surface area contributed by atoms with Crippen LogP contribution in [0, 0.1) is 17.6 Å². The van der Waals surface area contributed by atoms with Crippen LogP contribution in [0.25, 0.3) is 0 Å². The summed E-state index contributed by atoms with van der Waals surface area (Å²) in [5.74, 6) is -3.37. The summed E-state index contributed by atoms with van der Waals surface area (Å²) < 4.78 is 28.3. The van der Waals surface area contributed by atoms with E-state index in [-0.39, 0.29) is 29.5 Å². The monoisotopic (exact) mass is 446 g/mol. The molecule has 2 amide bonds. The normalized spacial score (nSPS) is 20.1. The number of hydrogen-bond acceptors (Lipinski definition) is 5. The summed E-state index contributed by atoms with van der Waals surface area (Å²) in [6.45, 7) is 4.60. The van der Waals surface area contributed by atoms with E-state index in [1.54, 1.807) is 4.90 Å². The van der Waals surface area contributed by atoms with Gasteiger partial charge in [0.05, 0.1) is 0 Å². The van der Waals surface area contributed by atoms with Crippen LogP contribution in [0.15, 0.2) is 29.2 Å². The first kappa shape index (κ1) is 21.8. The first-order valence-corrected chi connectivity index (χ1v) is 10.5. The first-order valence-electron chi connectivity index (χ1n) is 10.5. The molecule has 1 aromatic carbocycles. The van der Waals surface area contributed by atoms with Crippen molar-refractivity contribution in [2.75, 3.05) is 18.1 Å². The Kier molecular flexibility index (Phi) is 5.62. The number of amides is 2. The Morgan fingerprint density at radius 1 is 1.25 bits per heavy atom. The Bertz CT molecular complexity index is 1150. The van der Waals surface area contributed by atoms with E-state index >= 15 is 0 Å². The fraction of sp³-hybridized carbons (Fsp3) is 0.409. The summed E-state index contributed by atoms with van der Waals surface area (Å²) in [6.07, 6.45) is 2.65.